The lowest BCUT2D eigenvalue weighted by Crippen LogP contribution is -1.95. The molecule has 3 nitrogen and oxygen atoms in total. The molecule has 3 N–H and O–H groups in total. The fourth-order valence-electron chi connectivity index (χ4n) is 1.64. The van der Waals surface area contributed by atoms with E-state index >= 15 is 0 Å². The summed E-state index contributed by atoms with van der Waals surface area (Å²) in [7, 11) is 0. The molecule has 0 atom stereocenters. The zero-order chi connectivity index (χ0) is 13.1. The second-order valence-corrected chi connectivity index (χ2v) is 4.86. The summed E-state index contributed by atoms with van der Waals surface area (Å²) < 4.78 is 1.06. The summed E-state index contributed by atoms with van der Waals surface area (Å²) in [6, 6.07) is 13.3. The minimum absolute atomic E-state index is 0.538. The Balaban J connectivity index is 2.34. The molecule has 0 aliphatic carbocycles. The van der Waals surface area contributed by atoms with E-state index in [2.05, 4.69) is 27.3 Å². The lowest BCUT2D eigenvalue weighted by Gasteiger charge is -2.10. The normalized spacial score (nSPS) is 9.83. The number of aryl methyl sites for hydroxylation is 1. The lowest BCUT2D eigenvalue weighted by atomic mass is 10.1. The summed E-state index contributed by atoms with van der Waals surface area (Å²) in [6.45, 7) is 2.02. The van der Waals surface area contributed by atoms with Crippen LogP contribution in [-0.2, 0) is 0 Å². The number of nitrogens with two attached hydrogens (primary N) is 1. The summed E-state index contributed by atoms with van der Waals surface area (Å²) in [5, 5.41) is 12.3. The van der Waals surface area contributed by atoms with Crippen LogP contribution >= 0.6 is 15.9 Å². The number of rotatable bonds is 2. The average molecular weight is 302 g/mol. The molecule has 0 saturated carbocycles. The van der Waals surface area contributed by atoms with Crippen molar-refractivity contribution >= 4 is 33.0 Å². The number of nitrogen functional groups attached to an aromatic ring is 1. The van der Waals surface area contributed by atoms with Gasteiger partial charge in [0, 0.05) is 15.8 Å². The third-order valence-electron chi connectivity index (χ3n) is 2.60. The molecule has 0 aliphatic heterocycles. The monoisotopic (exact) mass is 301 g/mol. The van der Waals surface area contributed by atoms with Crippen molar-refractivity contribution in [1.82, 2.24) is 0 Å². The Morgan fingerprint density at radius 2 is 2.00 bits per heavy atom. The molecule has 0 amide bonds. The number of benzene rings is 2. The Kier molecular flexibility index (Phi) is 3.54. The van der Waals surface area contributed by atoms with Crippen molar-refractivity contribution in [2.75, 3.05) is 11.1 Å². The van der Waals surface area contributed by atoms with Gasteiger partial charge in [-0.2, -0.15) is 5.26 Å². The Hall–Kier alpha value is -1.99. The predicted octanol–water partition coefficient (Wildman–Crippen LogP) is 3.96. The molecule has 0 unspecified atom stereocenters. The van der Waals surface area contributed by atoms with Gasteiger partial charge in [0.05, 0.1) is 11.3 Å². The maximum atomic E-state index is 9.07. The summed E-state index contributed by atoms with van der Waals surface area (Å²) in [5.74, 6) is 0. The van der Waals surface area contributed by atoms with E-state index in [0.29, 0.717) is 11.3 Å². The number of anilines is 3. The second-order valence-electron chi connectivity index (χ2n) is 4.01. The molecule has 0 spiro atoms. The van der Waals surface area contributed by atoms with Crippen molar-refractivity contribution in [1.29, 1.82) is 5.26 Å². The number of nitrogens with zero attached hydrogens (tertiary/aromatic N) is 1. The highest BCUT2D eigenvalue weighted by Crippen LogP contribution is 2.25. The minimum atomic E-state index is 0.538. The number of halogens is 1. The third kappa shape index (κ3) is 2.63. The van der Waals surface area contributed by atoms with Gasteiger partial charge >= 0.3 is 0 Å². The molecule has 0 saturated heterocycles. The highest BCUT2D eigenvalue weighted by atomic mass is 79.9. The van der Waals surface area contributed by atoms with Crippen LogP contribution in [0.5, 0.6) is 0 Å². The molecular formula is C14H12BrN3. The Bertz CT molecular complexity index is 629. The molecular weight excluding hydrogens is 290 g/mol. The van der Waals surface area contributed by atoms with Crippen LogP contribution in [0, 0.1) is 18.3 Å². The van der Waals surface area contributed by atoms with E-state index in [4.69, 9.17) is 11.0 Å². The van der Waals surface area contributed by atoms with Crippen molar-refractivity contribution in [3.05, 3.63) is 52.0 Å². The van der Waals surface area contributed by atoms with Gasteiger partial charge in [-0.15, -0.1) is 0 Å². The van der Waals surface area contributed by atoms with E-state index in [1.165, 1.54) is 0 Å². The first kappa shape index (κ1) is 12.5. The molecule has 0 radical (unpaired) electrons. The lowest BCUT2D eigenvalue weighted by molar-refractivity contribution is 1.41. The number of hydrogen-bond acceptors (Lipinski definition) is 3. The van der Waals surface area contributed by atoms with Gasteiger partial charge in [0.1, 0.15) is 6.07 Å². The van der Waals surface area contributed by atoms with Crippen LogP contribution in [0.1, 0.15) is 11.1 Å². The number of hydrogen-bond donors (Lipinski definition) is 2. The molecule has 2 aromatic carbocycles. The quantitative estimate of drug-likeness (QED) is 0.826. The van der Waals surface area contributed by atoms with Gasteiger partial charge in [-0.1, -0.05) is 15.9 Å². The Morgan fingerprint density at radius 1 is 1.22 bits per heavy atom. The van der Waals surface area contributed by atoms with E-state index < -0.39 is 0 Å². The maximum Gasteiger partial charge on any atom is 0.101 e. The molecule has 0 bridgehead atoms. The molecule has 4 heteroatoms. The smallest absolute Gasteiger partial charge is 0.101 e. The SMILES string of the molecule is Cc1cc(Nc2ccc(N)cc2C#N)ccc1Br. The van der Waals surface area contributed by atoms with Crippen molar-refractivity contribution < 1.29 is 0 Å². The summed E-state index contributed by atoms with van der Waals surface area (Å²) in [4.78, 5) is 0. The van der Waals surface area contributed by atoms with Crippen LogP contribution in [-0.4, -0.2) is 0 Å². The molecule has 90 valence electrons. The molecule has 18 heavy (non-hydrogen) atoms. The maximum absolute atomic E-state index is 9.07. The molecule has 2 rings (SSSR count). The highest BCUT2D eigenvalue weighted by Gasteiger charge is 2.04. The van der Waals surface area contributed by atoms with E-state index in [-0.39, 0.29) is 0 Å². The fraction of sp³-hybridized carbons (Fsp3) is 0.0714. The van der Waals surface area contributed by atoms with Crippen molar-refractivity contribution in [3.8, 4) is 6.07 Å². The molecule has 2 aromatic rings. The Morgan fingerprint density at radius 3 is 2.67 bits per heavy atom. The van der Waals surface area contributed by atoms with Crippen LogP contribution in [0.15, 0.2) is 40.9 Å². The minimum Gasteiger partial charge on any atom is -0.399 e. The van der Waals surface area contributed by atoms with Gasteiger partial charge in [-0.25, -0.2) is 0 Å². The fourth-order valence-corrected chi connectivity index (χ4v) is 1.89. The largest absolute Gasteiger partial charge is 0.399 e. The van der Waals surface area contributed by atoms with E-state index in [0.717, 1.165) is 21.4 Å². The van der Waals surface area contributed by atoms with E-state index in [9.17, 15) is 0 Å². The van der Waals surface area contributed by atoms with Gasteiger partial charge < -0.3 is 11.1 Å². The summed E-state index contributed by atoms with van der Waals surface area (Å²) in [6.07, 6.45) is 0. The van der Waals surface area contributed by atoms with Crippen LogP contribution in [0.2, 0.25) is 0 Å². The standard InChI is InChI=1S/C14H12BrN3/c1-9-6-12(3-4-13(9)15)18-14-5-2-11(17)7-10(14)8-16/h2-7,18H,17H2,1H3. The van der Waals surface area contributed by atoms with Gasteiger partial charge in [0.2, 0.25) is 0 Å². The Labute approximate surface area is 114 Å². The van der Waals surface area contributed by atoms with Crippen molar-refractivity contribution in [2.45, 2.75) is 6.92 Å². The van der Waals surface area contributed by atoms with E-state index in [1.807, 2.05) is 31.2 Å². The second kappa shape index (κ2) is 5.11. The first-order valence-electron chi connectivity index (χ1n) is 5.43. The highest BCUT2D eigenvalue weighted by molar-refractivity contribution is 9.10. The number of nitriles is 1. The predicted molar refractivity (Wildman–Crippen MR) is 77.7 cm³/mol. The molecule has 0 heterocycles. The molecule has 0 aromatic heterocycles. The zero-order valence-electron chi connectivity index (χ0n) is 9.87. The van der Waals surface area contributed by atoms with Crippen LogP contribution < -0.4 is 11.1 Å². The third-order valence-corrected chi connectivity index (χ3v) is 3.49. The molecule has 0 aliphatic rings. The van der Waals surface area contributed by atoms with Gasteiger partial charge in [-0.3, -0.25) is 0 Å². The van der Waals surface area contributed by atoms with Gasteiger partial charge in [-0.05, 0) is 48.9 Å². The van der Waals surface area contributed by atoms with Crippen molar-refractivity contribution in [3.63, 3.8) is 0 Å². The van der Waals surface area contributed by atoms with Gasteiger partial charge in [0.25, 0.3) is 0 Å². The zero-order valence-corrected chi connectivity index (χ0v) is 11.5. The van der Waals surface area contributed by atoms with E-state index in [1.54, 1.807) is 12.1 Å². The van der Waals surface area contributed by atoms with Crippen LogP contribution in [0.3, 0.4) is 0 Å². The number of nitrogens with one attached hydrogen (secondary N) is 1. The van der Waals surface area contributed by atoms with Crippen LogP contribution in [0.4, 0.5) is 17.1 Å². The van der Waals surface area contributed by atoms with Crippen molar-refractivity contribution in [2.24, 2.45) is 0 Å². The topological polar surface area (TPSA) is 61.8 Å². The summed E-state index contributed by atoms with van der Waals surface area (Å²) >= 11 is 3.46. The summed E-state index contributed by atoms with van der Waals surface area (Å²) in [5.41, 5.74) is 9.61. The average Bonchev–Trinajstić information content (AvgIpc) is 2.36. The van der Waals surface area contributed by atoms with Gasteiger partial charge in [0.15, 0.2) is 0 Å². The first-order valence-corrected chi connectivity index (χ1v) is 6.22. The first-order chi connectivity index (χ1) is 8.60. The van der Waals surface area contributed by atoms with Crippen LogP contribution in [0.25, 0.3) is 0 Å². The molecule has 0 fully saturated rings.